The maximum atomic E-state index is 12.1. The van der Waals surface area contributed by atoms with Gasteiger partial charge in [0.2, 0.25) is 5.91 Å². The smallest absolute Gasteiger partial charge is 0.274 e. The van der Waals surface area contributed by atoms with Gasteiger partial charge in [-0.25, -0.2) is 9.97 Å². The number of likely N-dealkylation sites (N-methyl/N-ethyl adjacent to an activating group) is 1. The molecule has 2 aromatic heterocycles. The quantitative estimate of drug-likeness (QED) is 0.842. The van der Waals surface area contributed by atoms with Crippen molar-refractivity contribution in [2.24, 2.45) is 0 Å². The number of rotatable bonds is 4. The van der Waals surface area contributed by atoms with E-state index in [1.165, 1.54) is 10.9 Å². The molecule has 0 aliphatic carbocycles. The Bertz CT molecular complexity index is 659. The van der Waals surface area contributed by atoms with E-state index < -0.39 is 0 Å². The van der Waals surface area contributed by atoms with Crippen molar-refractivity contribution in [2.45, 2.75) is 20.4 Å². The first-order chi connectivity index (χ1) is 9.97. The highest BCUT2D eigenvalue weighted by Gasteiger charge is 2.11. The molecule has 2 N–H and O–H groups in total. The average molecular weight is 288 g/mol. The van der Waals surface area contributed by atoms with E-state index in [1.54, 1.807) is 33.2 Å². The van der Waals surface area contributed by atoms with Gasteiger partial charge in [-0.05, 0) is 19.9 Å². The molecule has 2 rings (SSSR count). The van der Waals surface area contributed by atoms with Crippen LogP contribution in [0.15, 0.2) is 18.5 Å². The Morgan fingerprint density at radius 1 is 1.29 bits per heavy atom. The van der Waals surface area contributed by atoms with E-state index in [4.69, 9.17) is 0 Å². The number of amides is 2. The Kier molecular flexibility index (Phi) is 4.27. The molecule has 0 aliphatic heterocycles. The normalized spacial score (nSPS) is 10.2. The van der Waals surface area contributed by atoms with E-state index in [9.17, 15) is 9.59 Å². The molecule has 110 valence electrons. The van der Waals surface area contributed by atoms with Crippen LogP contribution in [0.3, 0.4) is 0 Å². The van der Waals surface area contributed by atoms with Gasteiger partial charge in [-0.15, -0.1) is 0 Å². The Labute approximate surface area is 121 Å². The van der Waals surface area contributed by atoms with Crippen molar-refractivity contribution in [3.63, 3.8) is 0 Å². The molecule has 0 unspecified atom stereocenters. The van der Waals surface area contributed by atoms with E-state index in [-0.39, 0.29) is 18.4 Å². The lowest BCUT2D eigenvalue weighted by Crippen LogP contribution is -2.23. The Hall–Kier alpha value is -2.77. The topological polar surface area (TPSA) is 102 Å². The number of hydrogen-bond acceptors (Lipinski definition) is 5. The zero-order valence-corrected chi connectivity index (χ0v) is 12.0. The molecule has 0 saturated heterocycles. The van der Waals surface area contributed by atoms with Gasteiger partial charge in [-0.1, -0.05) is 0 Å². The second-order valence-electron chi connectivity index (χ2n) is 4.50. The highest BCUT2D eigenvalue weighted by molar-refractivity contribution is 6.02. The summed E-state index contributed by atoms with van der Waals surface area (Å²) in [6.07, 6.45) is 3.05. The number of anilines is 1. The minimum atomic E-state index is -0.344. The number of hydrogen-bond donors (Lipinski definition) is 2. The summed E-state index contributed by atoms with van der Waals surface area (Å²) in [7, 11) is 1.55. The molecule has 8 heteroatoms. The van der Waals surface area contributed by atoms with Crippen molar-refractivity contribution >= 4 is 17.5 Å². The van der Waals surface area contributed by atoms with Crippen molar-refractivity contribution in [3.8, 4) is 0 Å². The van der Waals surface area contributed by atoms with Gasteiger partial charge in [0.15, 0.2) is 0 Å². The Morgan fingerprint density at radius 2 is 2.05 bits per heavy atom. The summed E-state index contributed by atoms with van der Waals surface area (Å²) in [6, 6.07) is 1.61. The maximum Gasteiger partial charge on any atom is 0.274 e. The molecule has 0 bridgehead atoms. The lowest BCUT2D eigenvalue weighted by Gasteiger charge is -2.03. The van der Waals surface area contributed by atoms with Crippen LogP contribution in [0, 0.1) is 13.8 Å². The first kappa shape index (κ1) is 14.6. The van der Waals surface area contributed by atoms with E-state index in [0.29, 0.717) is 17.2 Å². The van der Waals surface area contributed by atoms with Crippen molar-refractivity contribution in [3.05, 3.63) is 35.7 Å². The largest absolute Gasteiger partial charge is 0.358 e. The average Bonchev–Trinajstić information content (AvgIpc) is 2.84. The third-order valence-electron chi connectivity index (χ3n) is 2.67. The fraction of sp³-hybridized carbons (Fsp3) is 0.308. The van der Waals surface area contributed by atoms with Crippen LogP contribution < -0.4 is 10.6 Å². The van der Waals surface area contributed by atoms with Gasteiger partial charge in [0.25, 0.3) is 5.91 Å². The SMILES string of the molecule is CNC(=O)Cn1cc(NC(=O)c2cc(C)nc(C)n2)cn1. The van der Waals surface area contributed by atoms with Gasteiger partial charge in [-0.2, -0.15) is 5.10 Å². The van der Waals surface area contributed by atoms with E-state index in [2.05, 4.69) is 25.7 Å². The molecular formula is C13H16N6O2. The van der Waals surface area contributed by atoms with Gasteiger partial charge in [0.1, 0.15) is 18.1 Å². The van der Waals surface area contributed by atoms with Crippen molar-refractivity contribution in [1.82, 2.24) is 25.1 Å². The highest BCUT2D eigenvalue weighted by atomic mass is 16.2. The number of carbonyl (C=O) groups is 2. The molecule has 0 atom stereocenters. The second kappa shape index (κ2) is 6.12. The fourth-order valence-electron chi connectivity index (χ4n) is 1.77. The molecule has 0 saturated carbocycles. The Morgan fingerprint density at radius 3 is 2.71 bits per heavy atom. The van der Waals surface area contributed by atoms with Crippen LogP contribution in [0.25, 0.3) is 0 Å². The Balaban J connectivity index is 2.07. The van der Waals surface area contributed by atoms with Crippen molar-refractivity contribution in [2.75, 3.05) is 12.4 Å². The number of aromatic nitrogens is 4. The van der Waals surface area contributed by atoms with Crippen molar-refractivity contribution < 1.29 is 9.59 Å². The predicted molar refractivity (Wildman–Crippen MR) is 75.8 cm³/mol. The van der Waals surface area contributed by atoms with Crippen LogP contribution in [0.2, 0.25) is 0 Å². The zero-order valence-electron chi connectivity index (χ0n) is 12.0. The van der Waals surface area contributed by atoms with Crippen molar-refractivity contribution in [1.29, 1.82) is 0 Å². The van der Waals surface area contributed by atoms with Gasteiger partial charge in [-0.3, -0.25) is 14.3 Å². The summed E-state index contributed by atoms with van der Waals surface area (Å²) in [4.78, 5) is 31.5. The molecule has 0 fully saturated rings. The molecule has 0 aromatic carbocycles. The third-order valence-corrected chi connectivity index (χ3v) is 2.67. The summed E-state index contributed by atoms with van der Waals surface area (Å²) in [6.45, 7) is 3.62. The highest BCUT2D eigenvalue weighted by Crippen LogP contribution is 2.08. The number of nitrogens with zero attached hydrogens (tertiary/aromatic N) is 4. The van der Waals surface area contributed by atoms with Crippen LogP contribution >= 0.6 is 0 Å². The summed E-state index contributed by atoms with van der Waals surface area (Å²) >= 11 is 0. The molecule has 0 radical (unpaired) electrons. The molecule has 21 heavy (non-hydrogen) atoms. The van der Waals surface area contributed by atoms with E-state index >= 15 is 0 Å². The van der Waals surface area contributed by atoms with Crippen LogP contribution in [0.5, 0.6) is 0 Å². The minimum Gasteiger partial charge on any atom is -0.358 e. The summed E-state index contributed by atoms with van der Waals surface area (Å²) < 4.78 is 1.44. The van der Waals surface area contributed by atoms with Gasteiger partial charge < -0.3 is 10.6 Å². The molecular weight excluding hydrogens is 272 g/mol. The van der Waals surface area contributed by atoms with E-state index in [0.717, 1.165) is 5.69 Å². The predicted octanol–water partition coefficient (Wildman–Crippen LogP) is 0.288. The fourth-order valence-corrected chi connectivity index (χ4v) is 1.77. The lowest BCUT2D eigenvalue weighted by atomic mass is 10.3. The molecule has 2 aromatic rings. The number of carbonyl (C=O) groups excluding carboxylic acids is 2. The van der Waals surface area contributed by atoms with Crippen LogP contribution in [0.1, 0.15) is 22.0 Å². The molecule has 0 aliphatic rings. The molecule has 2 amide bonds. The summed E-state index contributed by atoms with van der Waals surface area (Å²) in [5, 5.41) is 9.17. The molecule has 8 nitrogen and oxygen atoms in total. The van der Waals surface area contributed by atoms with E-state index in [1.807, 2.05) is 0 Å². The van der Waals surface area contributed by atoms with Gasteiger partial charge >= 0.3 is 0 Å². The second-order valence-corrected chi connectivity index (χ2v) is 4.50. The lowest BCUT2D eigenvalue weighted by molar-refractivity contribution is -0.121. The summed E-state index contributed by atoms with van der Waals surface area (Å²) in [5.74, 6) is 0.0246. The van der Waals surface area contributed by atoms with Crippen LogP contribution in [0.4, 0.5) is 5.69 Å². The first-order valence-electron chi connectivity index (χ1n) is 6.34. The van der Waals surface area contributed by atoms with Gasteiger partial charge in [0, 0.05) is 18.9 Å². The maximum absolute atomic E-state index is 12.1. The number of aryl methyl sites for hydroxylation is 2. The third kappa shape index (κ3) is 3.85. The van der Waals surface area contributed by atoms with Gasteiger partial charge in [0.05, 0.1) is 11.9 Å². The standard InChI is InChI=1S/C13H16N6O2/c1-8-4-11(17-9(2)16-8)13(21)18-10-5-15-19(6-10)7-12(20)14-3/h4-6H,7H2,1-3H3,(H,14,20)(H,18,21). The van der Waals surface area contributed by atoms with Crippen LogP contribution in [-0.2, 0) is 11.3 Å². The number of nitrogens with one attached hydrogen (secondary N) is 2. The molecule has 0 spiro atoms. The van der Waals surface area contributed by atoms with Crippen LogP contribution in [-0.4, -0.2) is 38.6 Å². The first-order valence-corrected chi connectivity index (χ1v) is 6.34. The zero-order chi connectivity index (χ0) is 15.4. The minimum absolute atomic E-state index is 0.0953. The summed E-state index contributed by atoms with van der Waals surface area (Å²) in [5.41, 5.74) is 1.51. The monoisotopic (exact) mass is 288 g/mol. The molecule has 2 heterocycles.